The molecular weight excluding hydrogens is 178 g/mol. The second-order valence-electron chi connectivity index (χ2n) is 4.02. The Morgan fingerprint density at radius 2 is 1.64 bits per heavy atom. The summed E-state index contributed by atoms with van der Waals surface area (Å²) in [6.45, 7) is 8.40. The highest BCUT2D eigenvalue weighted by Crippen LogP contribution is 2.23. The first-order valence-electron chi connectivity index (χ1n) is 5.06. The van der Waals surface area contributed by atoms with E-state index in [9.17, 15) is 0 Å². The molecule has 1 aromatic rings. The van der Waals surface area contributed by atoms with Crippen molar-refractivity contribution in [2.24, 2.45) is 5.92 Å². The predicted octanol–water partition coefficient (Wildman–Crippen LogP) is 2.11. The maximum atomic E-state index is 5.57. The quantitative estimate of drug-likeness (QED) is 0.803. The number of hydrogen-bond acceptors (Lipinski definition) is 4. The first kappa shape index (κ1) is 11.2. The van der Waals surface area contributed by atoms with Gasteiger partial charge < -0.3 is 9.73 Å². The van der Waals surface area contributed by atoms with Crippen molar-refractivity contribution in [2.45, 2.75) is 39.7 Å². The van der Waals surface area contributed by atoms with Gasteiger partial charge in [-0.1, -0.05) is 20.8 Å². The summed E-state index contributed by atoms with van der Waals surface area (Å²) in [4.78, 5) is 0. The monoisotopic (exact) mass is 197 g/mol. The number of nitrogens with one attached hydrogen (secondary N) is 1. The van der Waals surface area contributed by atoms with Crippen molar-refractivity contribution in [1.82, 2.24) is 15.5 Å². The van der Waals surface area contributed by atoms with E-state index < -0.39 is 0 Å². The van der Waals surface area contributed by atoms with Gasteiger partial charge >= 0.3 is 0 Å². The molecule has 1 aromatic heterocycles. The van der Waals surface area contributed by atoms with Crippen LogP contribution in [0.4, 0.5) is 0 Å². The molecule has 0 saturated carbocycles. The van der Waals surface area contributed by atoms with Crippen molar-refractivity contribution in [3.05, 3.63) is 11.8 Å². The first-order chi connectivity index (χ1) is 6.56. The third-order valence-corrected chi connectivity index (χ3v) is 2.65. The van der Waals surface area contributed by atoms with Crippen molar-refractivity contribution in [2.75, 3.05) is 7.05 Å². The summed E-state index contributed by atoms with van der Waals surface area (Å²) < 4.78 is 5.57. The summed E-state index contributed by atoms with van der Waals surface area (Å²) in [5.41, 5.74) is 0. The molecule has 0 bridgehead atoms. The SMILES string of the molecule is CNC(C)c1nnc(C(C)C(C)C)o1. The van der Waals surface area contributed by atoms with Gasteiger partial charge in [0, 0.05) is 5.92 Å². The zero-order valence-corrected chi connectivity index (χ0v) is 9.53. The summed E-state index contributed by atoms with van der Waals surface area (Å²) in [6.07, 6.45) is 0. The van der Waals surface area contributed by atoms with Gasteiger partial charge in [0.1, 0.15) is 0 Å². The molecule has 1 heterocycles. The fraction of sp³-hybridized carbons (Fsp3) is 0.800. The van der Waals surface area contributed by atoms with Gasteiger partial charge in [-0.25, -0.2) is 0 Å². The molecule has 14 heavy (non-hydrogen) atoms. The van der Waals surface area contributed by atoms with Crippen molar-refractivity contribution in [1.29, 1.82) is 0 Å². The second kappa shape index (κ2) is 4.55. The van der Waals surface area contributed by atoms with Crippen LogP contribution in [0.2, 0.25) is 0 Å². The maximum Gasteiger partial charge on any atom is 0.233 e. The lowest BCUT2D eigenvalue weighted by Gasteiger charge is -2.10. The van der Waals surface area contributed by atoms with E-state index in [4.69, 9.17) is 4.42 Å². The Kier molecular flexibility index (Phi) is 3.63. The van der Waals surface area contributed by atoms with Gasteiger partial charge in [0.15, 0.2) is 0 Å². The molecule has 0 radical (unpaired) electrons. The van der Waals surface area contributed by atoms with Crippen molar-refractivity contribution in [3.8, 4) is 0 Å². The fourth-order valence-corrected chi connectivity index (χ4v) is 1.01. The average molecular weight is 197 g/mol. The fourth-order valence-electron chi connectivity index (χ4n) is 1.01. The molecule has 2 atom stereocenters. The highest BCUT2D eigenvalue weighted by atomic mass is 16.4. The predicted molar refractivity (Wildman–Crippen MR) is 55.0 cm³/mol. The van der Waals surface area contributed by atoms with Gasteiger partial charge in [-0.05, 0) is 19.9 Å². The zero-order valence-electron chi connectivity index (χ0n) is 9.53. The highest BCUT2D eigenvalue weighted by Gasteiger charge is 2.18. The van der Waals surface area contributed by atoms with Crippen LogP contribution in [-0.2, 0) is 0 Å². The summed E-state index contributed by atoms with van der Waals surface area (Å²) in [5, 5.41) is 11.1. The summed E-state index contributed by atoms with van der Waals surface area (Å²) in [5.74, 6) is 2.24. The molecule has 0 aliphatic rings. The van der Waals surface area contributed by atoms with E-state index in [0.717, 1.165) is 5.89 Å². The highest BCUT2D eigenvalue weighted by molar-refractivity contribution is 4.93. The topological polar surface area (TPSA) is 51.0 Å². The first-order valence-corrected chi connectivity index (χ1v) is 5.06. The molecule has 1 N–H and O–H groups in total. The van der Waals surface area contributed by atoms with Crippen molar-refractivity contribution in [3.63, 3.8) is 0 Å². The standard InChI is InChI=1S/C10H19N3O/c1-6(2)7(3)9-12-13-10(14-9)8(4)11-5/h6-8,11H,1-5H3. The van der Waals surface area contributed by atoms with Crippen molar-refractivity contribution < 1.29 is 4.42 Å². The molecule has 0 saturated heterocycles. The van der Waals surface area contributed by atoms with E-state index in [1.165, 1.54) is 0 Å². The van der Waals surface area contributed by atoms with Crippen LogP contribution in [0.5, 0.6) is 0 Å². The third-order valence-electron chi connectivity index (χ3n) is 2.65. The zero-order chi connectivity index (χ0) is 10.7. The van der Waals surface area contributed by atoms with E-state index in [1.54, 1.807) is 0 Å². The molecule has 0 aliphatic carbocycles. The minimum absolute atomic E-state index is 0.121. The molecule has 80 valence electrons. The van der Waals surface area contributed by atoms with Crippen molar-refractivity contribution >= 4 is 0 Å². The molecule has 4 heteroatoms. The molecule has 0 fully saturated rings. The molecule has 0 spiro atoms. The van der Waals surface area contributed by atoms with Crippen LogP contribution < -0.4 is 5.32 Å². The molecular formula is C10H19N3O. The maximum absolute atomic E-state index is 5.57. The van der Waals surface area contributed by atoms with Gasteiger partial charge in [-0.3, -0.25) is 0 Å². The van der Waals surface area contributed by atoms with Crippen LogP contribution in [0.15, 0.2) is 4.42 Å². The lowest BCUT2D eigenvalue weighted by Crippen LogP contribution is -2.12. The van der Waals surface area contributed by atoms with Gasteiger partial charge in [0.05, 0.1) is 6.04 Å². The minimum Gasteiger partial charge on any atom is -0.423 e. The normalized spacial score (nSPS) is 15.9. The summed E-state index contributed by atoms with van der Waals surface area (Å²) >= 11 is 0. The van der Waals surface area contributed by atoms with Crippen LogP contribution in [-0.4, -0.2) is 17.2 Å². The number of hydrogen-bond donors (Lipinski definition) is 1. The second-order valence-corrected chi connectivity index (χ2v) is 4.02. The molecule has 2 unspecified atom stereocenters. The number of rotatable bonds is 4. The average Bonchev–Trinajstić information content (AvgIpc) is 2.64. The Labute approximate surface area is 85.1 Å². The number of aromatic nitrogens is 2. The Bertz CT molecular complexity index is 283. The Hall–Kier alpha value is -0.900. The summed E-state index contributed by atoms with van der Waals surface area (Å²) in [6, 6.07) is 0.121. The van der Waals surface area contributed by atoms with Crippen LogP contribution in [0.1, 0.15) is 51.4 Å². The molecule has 0 aromatic carbocycles. The van der Waals surface area contributed by atoms with Crippen LogP contribution in [0, 0.1) is 5.92 Å². The molecule has 0 aliphatic heterocycles. The van der Waals surface area contributed by atoms with E-state index in [-0.39, 0.29) is 6.04 Å². The van der Waals surface area contributed by atoms with Gasteiger partial charge in [-0.2, -0.15) is 0 Å². The molecule has 0 amide bonds. The smallest absolute Gasteiger partial charge is 0.233 e. The lowest BCUT2D eigenvalue weighted by atomic mass is 9.98. The third kappa shape index (κ3) is 2.32. The summed E-state index contributed by atoms with van der Waals surface area (Å²) in [7, 11) is 1.88. The van der Waals surface area contributed by atoms with Crippen LogP contribution >= 0.6 is 0 Å². The Morgan fingerprint density at radius 1 is 1.07 bits per heavy atom. The van der Waals surface area contributed by atoms with Gasteiger partial charge in [0.2, 0.25) is 11.8 Å². The minimum atomic E-state index is 0.121. The van der Waals surface area contributed by atoms with Gasteiger partial charge in [-0.15, -0.1) is 10.2 Å². The largest absolute Gasteiger partial charge is 0.423 e. The Morgan fingerprint density at radius 3 is 2.14 bits per heavy atom. The van der Waals surface area contributed by atoms with Gasteiger partial charge in [0.25, 0.3) is 0 Å². The lowest BCUT2D eigenvalue weighted by molar-refractivity contribution is 0.359. The number of nitrogens with zero attached hydrogens (tertiary/aromatic N) is 2. The Balaban J connectivity index is 2.77. The van der Waals surface area contributed by atoms with E-state index in [0.29, 0.717) is 17.7 Å². The molecule has 4 nitrogen and oxygen atoms in total. The van der Waals surface area contributed by atoms with E-state index in [1.807, 2.05) is 14.0 Å². The van der Waals surface area contributed by atoms with E-state index >= 15 is 0 Å². The van der Waals surface area contributed by atoms with E-state index in [2.05, 4.69) is 36.3 Å². The molecule has 1 rings (SSSR count). The van der Waals surface area contributed by atoms with Crippen LogP contribution in [0.25, 0.3) is 0 Å². The van der Waals surface area contributed by atoms with Crippen LogP contribution in [0.3, 0.4) is 0 Å².